The SMILES string of the molecule is Cc1ccc(-n2nc(C(=O)N(Cc3ccccc3)Cc3nc4ccccc4c(=O)[nH]3)c3c2CCC3)cc1. The van der Waals surface area contributed by atoms with Crippen molar-refractivity contribution in [3.8, 4) is 5.69 Å². The van der Waals surface area contributed by atoms with Gasteiger partial charge in [0.1, 0.15) is 5.82 Å². The lowest BCUT2D eigenvalue weighted by atomic mass is 10.1. The molecule has 2 heterocycles. The molecule has 1 aliphatic carbocycles. The maximum Gasteiger partial charge on any atom is 0.275 e. The van der Waals surface area contributed by atoms with Crippen LogP contribution >= 0.6 is 0 Å². The van der Waals surface area contributed by atoms with Crippen molar-refractivity contribution in [3.05, 3.63) is 123 Å². The number of nitrogens with zero attached hydrogens (tertiary/aromatic N) is 4. The summed E-state index contributed by atoms with van der Waals surface area (Å²) in [6.45, 7) is 2.60. The third kappa shape index (κ3) is 4.44. The van der Waals surface area contributed by atoms with Crippen molar-refractivity contribution in [2.45, 2.75) is 39.3 Å². The molecule has 184 valence electrons. The first-order valence-electron chi connectivity index (χ1n) is 12.6. The van der Waals surface area contributed by atoms with Gasteiger partial charge in [-0.2, -0.15) is 5.10 Å². The Morgan fingerprint density at radius 3 is 2.51 bits per heavy atom. The fraction of sp³-hybridized carbons (Fsp3) is 0.200. The van der Waals surface area contributed by atoms with Gasteiger partial charge in [0.05, 0.1) is 23.1 Å². The van der Waals surface area contributed by atoms with Gasteiger partial charge in [-0.25, -0.2) is 9.67 Å². The van der Waals surface area contributed by atoms with Crippen LogP contribution < -0.4 is 5.56 Å². The first-order chi connectivity index (χ1) is 18.1. The van der Waals surface area contributed by atoms with Gasteiger partial charge >= 0.3 is 0 Å². The first-order valence-corrected chi connectivity index (χ1v) is 12.6. The molecule has 0 saturated heterocycles. The predicted molar refractivity (Wildman–Crippen MR) is 143 cm³/mol. The number of amides is 1. The van der Waals surface area contributed by atoms with E-state index in [1.807, 2.05) is 65.3 Å². The average molecular weight is 490 g/mol. The molecular formula is C30H27N5O2. The zero-order chi connectivity index (χ0) is 25.4. The second kappa shape index (κ2) is 9.50. The van der Waals surface area contributed by atoms with E-state index in [0.29, 0.717) is 29.0 Å². The van der Waals surface area contributed by atoms with Gasteiger partial charge in [0.15, 0.2) is 5.69 Å². The predicted octanol–water partition coefficient (Wildman–Crippen LogP) is 4.75. The number of nitrogens with one attached hydrogen (secondary N) is 1. The second-order valence-electron chi connectivity index (χ2n) is 9.55. The van der Waals surface area contributed by atoms with Gasteiger partial charge in [-0.1, -0.05) is 60.2 Å². The van der Waals surface area contributed by atoms with E-state index in [1.165, 1.54) is 5.56 Å². The molecule has 0 saturated carbocycles. The van der Waals surface area contributed by atoms with Crippen molar-refractivity contribution in [3.63, 3.8) is 0 Å². The smallest absolute Gasteiger partial charge is 0.275 e. The first kappa shape index (κ1) is 22.9. The van der Waals surface area contributed by atoms with Crippen molar-refractivity contribution >= 4 is 16.8 Å². The molecule has 7 heteroatoms. The maximum atomic E-state index is 14.1. The highest BCUT2D eigenvalue weighted by atomic mass is 16.2. The fourth-order valence-electron chi connectivity index (χ4n) is 5.05. The van der Waals surface area contributed by atoms with Gasteiger partial charge in [0.25, 0.3) is 11.5 Å². The van der Waals surface area contributed by atoms with Crippen LogP contribution in [0, 0.1) is 6.92 Å². The Morgan fingerprint density at radius 1 is 0.946 bits per heavy atom. The molecule has 1 N–H and O–H groups in total. The van der Waals surface area contributed by atoms with E-state index < -0.39 is 0 Å². The largest absolute Gasteiger partial charge is 0.325 e. The number of hydrogen-bond donors (Lipinski definition) is 1. The Balaban J connectivity index is 1.40. The van der Waals surface area contributed by atoms with Gasteiger partial charge in [-0.05, 0) is 56.0 Å². The molecule has 0 unspecified atom stereocenters. The van der Waals surface area contributed by atoms with Crippen molar-refractivity contribution in [2.24, 2.45) is 0 Å². The van der Waals surface area contributed by atoms with E-state index in [9.17, 15) is 9.59 Å². The summed E-state index contributed by atoms with van der Waals surface area (Å²) in [4.78, 5) is 36.0. The number of carbonyl (C=O) groups is 1. The molecule has 0 bridgehead atoms. The highest BCUT2D eigenvalue weighted by molar-refractivity contribution is 5.94. The van der Waals surface area contributed by atoms with E-state index in [-0.39, 0.29) is 18.0 Å². The van der Waals surface area contributed by atoms with Crippen LogP contribution in [0.5, 0.6) is 0 Å². The summed E-state index contributed by atoms with van der Waals surface area (Å²) in [6, 6.07) is 25.3. The lowest BCUT2D eigenvalue weighted by molar-refractivity contribution is 0.0718. The summed E-state index contributed by atoms with van der Waals surface area (Å²) in [7, 11) is 0. The highest BCUT2D eigenvalue weighted by Gasteiger charge is 2.30. The monoisotopic (exact) mass is 489 g/mol. The lowest BCUT2D eigenvalue weighted by Crippen LogP contribution is -2.32. The summed E-state index contributed by atoms with van der Waals surface area (Å²) in [5, 5.41) is 5.37. The minimum absolute atomic E-state index is 0.163. The number of H-pyrrole nitrogens is 1. The number of hydrogen-bond acceptors (Lipinski definition) is 4. The standard InChI is InChI=1S/C30H27N5O2/c1-20-14-16-22(17-15-20)35-26-13-7-11-24(26)28(33-35)30(37)34(18-21-8-3-2-4-9-21)19-27-31-25-12-6-5-10-23(25)29(36)32-27/h2-6,8-10,12,14-17H,7,11,13,18-19H2,1H3,(H,31,32,36). The normalized spacial score (nSPS) is 12.6. The molecule has 0 radical (unpaired) electrons. The molecule has 37 heavy (non-hydrogen) atoms. The van der Waals surface area contributed by atoms with Crippen LogP contribution in [-0.4, -0.2) is 30.6 Å². The molecule has 7 nitrogen and oxygen atoms in total. The molecule has 1 amide bonds. The number of aryl methyl sites for hydroxylation is 1. The lowest BCUT2D eigenvalue weighted by Gasteiger charge is -2.22. The Labute approximate surface area is 214 Å². The van der Waals surface area contributed by atoms with Crippen LogP contribution in [-0.2, 0) is 25.9 Å². The highest BCUT2D eigenvalue weighted by Crippen LogP contribution is 2.29. The topological polar surface area (TPSA) is 83.9 Å². The fourth-order valence-corrected chi connectivity index (χ4v) is 5.05. The van der Waals surface area contributed by atoms with Gasteiger partial charge in [-0.3, -0.25) is 9.59 Å². The third-order valence-electron chi connectivity index (χ3n) is 6.92. The van der Waals surface area contributed by atoms with E-state index in [1.54, 1.807) is 11.0 Å². The van der Waals surface area contributed by atoms with E-state index in [4.69, 9.17) is 5.10 Å². The van der Waals surface area contributed by atoms with Crippen LogP contribution in [0.2, 0.25) is 0 Å². The Bertz CT molecular complexity index is 1650. The van der Waals surface area contributed by atoms with Crippen LogP contribution in [0.4, 0.5) is 0 Å². The number of rotatable bonds is 6. The van der Waals surface area contributed by atoms with E-state index in [2.05, 4.69) is 29.0 Å². The maximum absolute atomic E-state index is 14.1. The number of aromatic nitrogens is 4. The Morgan fingerprint density at radius 2 is 1.70 bits per heavy atom. The van der Waals surface area contributed by atoms with Gasteiger partial charge < -0.3 is 9.88 Å². The number of benzene rings is 3. The van der Waals surface area contributed by atoms with Crippen molar-refractivity contribution in [1.29, 1.82) is 0 Å². The Hall–Kier alpha value is -4.52. The number of para-hydroxylation sites is 1. The summed E-state index contributed by atoms with van der Waals surface area (Å²) in [5.74, 6) is 0.284. The van der Waals surface area contributed by atoms with E-state index >= 15 is 0 Å². The minimum atomic E-state index is -0.211. The molecule has 5 aromatic rings. The molecule has 0 spiro atoms. The van der Waals surface area contributed by atoms with Crippen LogP contribution in [0.1, 0.15) is 45.1 Å². The quantitative estimate of drug-likeness (QED) is 0.373. The average Bonchev–Trinajstić information content (AvgIpc) is 3.53. The van der Waals surface area contributed by atoms with Gasteiger partial charge in [0.2, 0.25) is 0 Å². The molecule has 0 fully saturated rings. The van der Waals surface area contributed by atoms with Crippen molar-refractivity contribution in [1.82, 2.24) is 24.6 Å². The van der Waals surface area contributed by atoms with Crippen molar-refractivity contribution < 1.29 is 4.79 Å². The zero-order valence-electron chi connectivity index (χ0n) is 20.6. The summed E-state index contributed by atoms with van der Waals surface area (Å²) >= 11 is 0. The zero-order valence-corrected chi connectivity index (χ0v) is 20.6. The van der Waals surface area contributed by atoms with Crippen LogP contribution in [0.25, 0.3) is 16.6 Å². The van der Waals surface area contributed by atoms with Gasteiger partial charge in [0, 0.05) is 17.8 Å². The van der Waals surface area contributed by atoms with Gasteiger partial charge in [-0.15, -0.1) is 0 Å². The summed E-state index contributed by atoms with van der Waals surface area (Å²) < 4.78 is 1.92. The Kier molecular flexibility index (Phi) is 5.88. The van der Waals surface area contributed by atoms with Crippen molar-refractivity contribution in [2.75, 3.05) is 0 Å². The third-order valence-corrected chi connectivity index (χ3v) is 6.92. The van der Waals surface area contributed by atoms with E-state index in [0.717, 1.165) is 41.8 Å². The number of aromatic amines is 1. The minimum Gasteiger partial charge on any atom is -0.325 e. The molecule has 0 atom stereocenters. The molecule has 3 aromatic carbocycles. The second-order valence-corrected chi connectivity index (χ2v) is 9.55. The summed E-state index contributed by atoms with van der Waals surface area (Å²) in [5.41, 5.74) is 6.12. The molecule has 2 aromatic heterocycles. The van der Waals surface area contributed by atoms with Crippen LogP contribution in [0.3, 0.4) is 0 Å². The molecular weight excluding hydrogens is 462 g/mol. The molecule has 0 aliphatic heterocycles. The molecule has 6 rings (SSSR count). The molecule has 1 aliphatic rings. The summed E-state index contributed by atoms with van der Waals surface area (Å²) in [6.07, 6.45) is 2.71. The number of fused-ring (bicyclic) bond motifs is 2. The van der Waals surface area contributed by atoms with Crippen LogP contribution in [0.15, 0.2) is 83.7 Å². The number of carbonyl (C=O) groups excluding carboxylic acids is 1.